The molecule has 0 rings (SSSR count). The highest BCUT2D eigenvalue weighted by molar-refractivity contribution is 7.47. The van der Waals surface area contributed by atoms with E-state index in [4.69, 9.17) is 37.0 Å². The lowest BCUT2D eigenvalue weighted by Gasteiger charge is -2.21. The monoisotopic (exact) mass is 1300 g/mol. The molecule has 0 heterocycles. The Labute approximate surface area is 537 Å². The second-order valence-corrected chi connectivity index (χ2v) is 28.3. The molecule has 17 nitrogen and oxygen atoms in total. The van der Waals surface area contributed by atoms with Gasteiger partial charge in [-0.25, -0.2) is 9.13 Å². The van der Waals surface area contributed by atoms with Crippen molar-refractivity contribution in [2.75, 3.05) is 39.6 Å². The lowest BCUT2D eigenvalue weighted by Crippen LogP contribution is -2.30. The number of esters is 4. The molecule has 2 unspecified atom stereocenters. The highest BCUT2D eigenvalue weighted by Gasteiger charge is 2.30. The molecule has 19 heteroatoms. The lowest BCUT2D eigenvalue weighted by atomic mass is 10.0. The summed E-state index contributed by atoms with van der Waals surface area (Å²) in [6, 6.07) is 0. The van der Waals surface area contributed by atoms with Gasteiger partial charge in [0.25, 0.3) is 0 Å². The Bertz CT molecular complexity index is 1700. The first-order chi connectivity index (χ1) is 42.5. The van der Waals surface area contributed by atoms with Crippen LogP contribution in [0.25, 0.3) is 0 Å². The third-order valence-corrected chi connectivity index (χ3v) is 17.9. The molecule has 522 valence electrons. The molecule has 0 aliphatic rings. The van der Waals surface area contributed by atoms with Gasteiger partial charge in [-0.3, -0.25) is 37.3 Å². The Morgan fingerprint density at radius 3 is 0.773 bits per heavy atom. The number of aliphatic hydroxyl groups is 1. The van der Waals surface area contributed by atoms with Crippen LogP contribution in [0.1, 0.15) is 356 Å². The number of hydrogen-bond acceptors (Lipinski definition) is 15. The Hall–Kier alpha value is -1.94. The molecular formula is C69H134O17P2. The van der Waals surface area contributed by atoms with Crippen LogP contribution in [-0.2, 0) is 65.4 Å². The van der Waals surface area contributed by atoms with Crippen molar-refractivity contribution in [2.45, 2.75) is 374 Å². The molecule has 0 radical (unpaired) electrons. The van der Waals surface area contributed by atoms with Gasteiger partial charge in [-0.05, 0) is 31.6 Å². The van der Waals surface area contributed by atoms with Crippen molar-refractivity contribution in [3.63, 3.8) is 0 Å². The van der Waals surface area contributed by atoms with Gasteiger partial charge in [0.1, 0.15) is 19.3 Å². The summed E-state index contributed by atoms with van der Waals surface area (Å²) in [6.07, 6.45) is 48.9. The van der Waals surface area contributed by atoms with Gasteiger partial charge in [-0.15, -0.1) is 0 Å². The second-order valence-electron chi connectivity index (χ2n) is 25.4. The van der Waals surface area contributed by atoms with E-state index in [1.807, 2.05) is 0 Å². The van der Waals surface area contributed by atoms with E-state index in [0.29, 0.717) is 25.7 Å². The highest BCUT2D eigenvalue weighted by atomic mass is 31.2. The van der Waals surface area contributed by atoms with Crippen LogP contribution < -0.4 is 0 Å². The normalized spacial score (nSPS) is 14.1. The van der Waals surface area contributed by atoms with E-state index in [-0.39, 0.29) is 25.7 Å². The minimum atomic E-state index is -4.95. The third kappa shape index (κ3) is 62.8. The molecule has 5 atom stereocenters. The first-order valence-corrected chi connectivity index (χ1v) is 39.1. The van der Waals surface area contributed by atoms with Crippen molar-refractivity contribution < 1.29 is 80.2 Å². The summed E-state index contributed by atoms with van der Waals surface area (Å²) in [5, 5.41) is 10.6. The standard InChI is InChI=1S/C69H134O17P2/c1-6-9-12-15-17-19-21-23-24-25-26-27-31-36-40-45-50-55-69(74)86-65(59-80-67(72)53-48-43-38-34-32-28-29-33-37-42-46-51-62(4)5)61-84-88(77,78)82-57-63(70)56-81-87(75,76)83-60-64(58-79-66(71)52-47-41-14-11-8-3)85-68(73)54-49-44-39-35-30-22-20-18-16-13-10-7-2/h62-65,70H,6-61H2,1-5H3,(H,75,76)(H,77,78)/t63-,64+,65+/m0/s1. The molecule has 0 aromatic carbocycles. The van der Waals surface area contributed by atoms with Gasteiger partial charge >= 0.3 is 39.5 Å². The first kappa shape index (κ1) is 86.1. The number of rotatable bonds is 69. The molecule has 0 fully saturated rings. The summed E-state index contributed by atoms with van der Waals surface area (Å²) in [6.45, 7) is 7.16. The number of phosphoric ester groups is 2. The Morgan fingerprint density at radius 2 is 0.523 bits per heavy atom. The van der Waals surface area contributed by atoms with Crippen molar-refractivity contribution in [1.82, 2.24) is 0 Å². The number of hydrogen-bond donors (Lipinski definition) is 3. The van der Waals surface area contributed by atoms with E-state index in [2.05, 4.69) is 34.6 Å². The third-order valence-electron chi connectivity index (χ3n) is 16.0. The summed E-state index contributed by atoms with van der Waals surface area (Å²) >= 11 is 0. The van der Waals surface area contributed by atoms with Crippen molar-refractivity contribution in [1.29, 1.82) is 0 Å². The number of phosphoric acid groups is 2. The van der Waals surface area contributed by atoms with Crippen LogP contribution in [0, 0.1) is 5.92 Å². The summed E-state index contributed by atoms with van der Waals surface area (Å²) in [5.41, 5.74) is 0. The molecule has 0 bridgehead atoms. The predicted octanol–water partition coefficient (Wildman–Crippen LogP) is 19.7. The second kappa shape index (κ2) is 62.5. The SMILES string of the molecule is CCCCCCCCCCCCCCCCCCCC(=O)O[C@H](COC(=O)CCCCCCCCCCCCCC(C)C)COP(=O)(O)OC[C@@H](O)COP(=O)(O)OC[C@@H](COC(=O)CCCCCCC)OC(=O)CCCCCCCCCCCCCC. The van der Waals surface area contributed by atoms with Crippen LogP contribution in [0.2, 0.25) is 0 Å². The van der Waals surface area contributed by atoms with Crippen LogP contribution in [0.3, 0.4) is 0 Å². The van der Waals surface area contributed by atoms with Crippen LogP contribution >= 0.6 is 15.6 Å². The number of unbranched alkanes of at least 4 members (excludes halogenated alkanes) is 41. The maximum atomic E-state index is 13.0. The zero-order valence-corrected chi connectivity index (χ0v) is 58.6. The van der Waals surface area contributed by atoms with Crippen LogP contribution in [0.15, 0.2) is 0 Å². The van der Waals surface area contributed by atoms with Gasteiger partial charge in [-0.1, -0.05) is 304 Å². The predicted molar refractivity (Wildman–Crippen MR) is 354 cm³/mol. The molecular weight excluding hydrogens is 1160 g/mol. The molecule has 0 aromatic rings. The van der Waals surface area contributed by atoms with Crippen LogP contribution in [-0.4, -0.2) is 96.7 Å². The maximum Gasteiger partial charge on any atom is 0.472 e. The Balaban J connectivity index is 5.16. The fourth-order valence-electron chi connectivity index (χ4n) is 10.5. The minimum Gasteiger partial charge on any atom is -0.462 e. The highest BCUT2D eigenvalue weighted by Crippen LogP contribution is 2.45. The van der Waals surface area contributed by atoms with Gasteiger partial charge < -0.3 is 33.8 Å². The largest absolute Gasteiger partial charge is 0.472 e. The summed E-state index contributed by atoms with van der Waals surface area (Å²) in [7, 11) is -9.89. The zero-order valence-electron chi connectivity index (χ0n) is 56.9. The Morgan fingerprint density at radius 1 is 0.307 bits per heavy atom. The van der Waals surface area contributed by atoms with Crippen LogP contribution in [0.4, 0.5) is 0 Å². The summed E-state index contributed by atoms with van der Waals surface area (Å²) < 4.78 is 68.0. The molecule has 0 aliphatic heterocycles. The van der Waals surface area contributed by atoms with Crippen LogP contribution in [0.5, 0.6) is 0 Å². The van der Waals surface area contributed by atoms with E-state index in [9.17, 15) is 43.2 Å². The lowest BCUT2D eigenvalue weighted by molar-refractivity contribution is -0.161. The van der Waals surface area contributed by atoms with Gasteiger partial charge in [0.15, 0.2) is 12.2 Å². The number of carbonyl (C=O) groups is 4. The topological polar surface area (TPSA) is 237 Å². The average molecular weight is 1300 g/mol. The van der Waals surface area contributed by atoms with Crippen molar-refractivity contribution >= 4 is 39.5 Å². The summed E-state index contributed by atoms with van der Waals surface area (Å²) in [5.74, 6) is -1.36. The van der Waals surface area contributed by atoms with Gasteiger partial charge in [-0.2, -0.15) is 0 Å². The van der Waals surface area contributed by atoms with Gasteiger partial charge in [0.05, 0.1) is 26.4 Å². The Kier molecular flexibility index (Phi) is 61.1. The molecule has 0 aromatic heterocycles. The van der Waals surface area contributed by atoms with Crippen molar-refractivity contribution in [3.8, 4) is 0 Å². The number of ether oxygens (including phenoxy) is 4. The van der Waals surface area contributed by atoms with Crippen molar-refractivity contribution in [2.24, 2.45) is 5.92 Å². The van der Waals surface area contributed by atoms with E-state index in [0.717, 1.165) is 102 Å². The summed E-state index contributed by atoms with van der Waals surface area (Å²) in [4.78, 5) is 72.2. The number of aliphatic hydroxyl groups excluding tert-OH is 1. The van der Waals surface area contributed by atoms with E-state index < -0.39 is 97.5 Å². The quantitative estimate of drug-likeness (QED) is 0.0222. The van der Waals surface area contributed by atoms with Crippen molar-refractivity contribution in [3.05, 3.63) is 0 Å². The zero-order chi connectivity index (χ0) is 64.9. The molecule has 3 N–H and O–H groups in total. The molecule has 0 aliphatic carbocycles. The molecule has 0 spiro atoms. The minimum absolute atomic E-state index is 0.107. The van der Waals surface area contributed by atoms with E-state index in [1.54, 1.807) is 0 Å². The number of carbonyl (C=O) groups excluding carboxylic acids is 4. The average Bonchev–Trinajstić information content (AvgIpc) is 3.58. The van der Waals surface area contributed by atoms with E-state index in [1.165, 1.54) is 173 Å². The molecule has 0 amide bonds. The molecule has 0 saturated heterocycles. The smallest absolute Gasteiger partial charge is 0.462 e. The fourth-order valence-corrected chi connectivity index (χ4v) is 12.0. The molecule has 0 saturated carbocycles. The molecule has 88 heavy (non-hydrogen) atoms. The van der Waals surface area contributed by atoms with E-state index >= 15 is 0 Å². The maximum absolute atomic E-state index is 13.0. The van der Waals surface area contributed by atoms with Gasteiger partial charge in [0.2, 0.25) is 0 Å². The van der Waals surface area contributed by atoms with Gasteiger partial charge in [0, 0.05) is 25.7 Å². The fraction of sp³-hybridized carbons (Fsp3) is 0.942. The first-order valence-electron chi connectivity index (χ1n) is 36.1.